The van der Waals surface area contributed by atoms with Crippen LogP contribution in [0.3, 0.4) is 0 Å². The molecule has 0 saturated carbocycles. The zero-order valence-corrected chi connectivity index (χ0v) is 11.6. The molecular weight excluding hydrogens is 278 g/mol. The van der Waals surface area contributed by atoms with Gasteiger partial charge in [-0.3, -0.25) is 9.59 Å². The molecular formula is C15H18F2N2O2. The second-order valence-corrected chi connectivity index (χ2v) is 4.70. The van der Waals surface area contributed by atoms with E-state index in [1.807, 2.05) is 0 Å². The first-order valence-electron chi connectivity index (χ1n) is 6.57. The summed E-state index contributed by atoms with van der Waals surface area (Å²) in [6, 6.07) is 2.07. The third kappa shape index (κ3) is 6.16. The third-order valence-electron chi connectivity index (χ3n) is 2.87. The van der Waals surface area contributed by atoms with Crippen LogP contribution in [-0.2, 0) is 16.0 Å². The SMILES string of the molecule is C=CCCC[C@@H](NC(=O)Cc1cc(F)cc(F)c1)C(N)=O. The fraction of sp³-hybridized carbons (Fsp3) is 0.333. The number of nitrogens with one attached hydrogen (secondary N) is 1. The molecule has 0 fully saturated rings. The largest absolute Gasteiger partial charge is 0.368 e. The molecule has 0 aromatic heterocycles. The quantitative estimate of drug-likeness (QED) is 0.567. The number of carbonyl (C=O) groups excluding carboxylic acids is 2. The number of hydrogen-bond acceptors (Lipinski definition) is 2. The summed E-state index contributed by atoms with van der Waals surface area (Å²) in [4.78, 5) is 23.1. The number of primary amides is 1. The first-order valence-corrected chi connectivity index (χ1v) is 6.57. The summed E-state index contributed by atoms with van der Waals surface area (Å²) < 4.78 is 26.0. The number of unbranched alkanes of at least 4 members (excludes halogenated alkanes) is 1. The summed E-state index contributed by atoms with van der Waals surface area (Å²) in [5, 5.41) is 2.47. The van der Waals surface area contributed by atoms with Gasteiger partial charge in [-0.15, -0.1) is 6.58 Å². The Hall–Kier alpha value is -2.24. The molecule has 0 saturated heterocycles. The second-order valence-electron chi connectivity index (χ2n) is 4.70. The van der Waals surface area contributed by atoms with E-state index in [4.69, 9.17) is 5.73 Å². The van der Waals surface area contributed by atoms with E-state index in [0.717, 1.165) is 18.2 Å². The number of carbonyl (C=O) groups is 2. The predicted molar refractivity (Wildman–Crippen MR) is 75.2 cm³/mol. The van der Waals surface area contributed by atoms with Crippen molar-refractivity contribution >= 4 is 11.8 Å². The zero-order valence-electron chi connectivity index (χ0n) is 11.6. The Morgan fingerprint density at radius 2 is 1.90 bits per heavy atom. The van der Waals surface area contributed by atoms with Crippen LogP contribution in [0.4, 0.5) is 8.78 Å². The lowest BCUT2D eigenvalue weighted by molar-refractivity contribution is -0.127. The van der Waals surface area contributed by atoms with Gasteiger partial charge in [0.1, 0.15) is 17.7 Å². The monoisotopic (exact) mass is 296 g/mol. The maximum atomic E-state index is 13.0. The van der Waals surface area contributed by atoms with E-state index in [1.54, 1.807) is 6.08 Å². The molecule has 0 bridgehead atoms. The van der Waals surface area contributed by atoms with Crippen molar-refractivity contribution < 1.29 is 18.4 Å². The zero-order chi connectivity index (χ0) is 15.8. The molecule has 2 amide bonds. The first-order chi connectivity index (χ1) is 9.92. The number of allylic oxidation sites excluding steroid dienone is 1. The standard InChI is InChI=1S/C15H18F2N2O2/c1-2-3-4-5-13(15(18)21)19-14(20)8-10-6-11(16)9-12(17)7-10/h2,6-7,9,13H,1,3-5,8H2,(H2,18,21)(H,19,20)/t13-/m1/s1. The fourth-order valence-corrected chi connectivity index (χ4v) is 1.90. The topological polar surface area (TPSA) is 72.2 Å². The molecule has 0 unspecified atom stereocenters. The molecule has 4 nitrogen and oxygen atoms in total. The average molecular weight is 296 g/mol. The van der Waals surface area contributed by atoms with Crippen LogP contribution in [-0.4, -0.2) is 17.9 Å². The summed E-state index contributed by atoms with van der Waals surface area (Å²) >= 11 is 0. The van der Waals surface area contributed by atoms with Crippen molar-refractivity contribution in [2.75, 3.05) is 0 Å². The Morgan fingerprint density at radius 1 is 1.29 bits per heavy atom. The minimum Gasteiger partial charge on any atom is -0.368 e. The van der Waals surface area contributed by atoms with Gasteiger partial charge in [-0.05, 0) is 37.0 Å². The van der Waals surface area contributed by atoms with Crippen LogP contribution < -0.4 is 11.1 Å². The van der Waals surface area contributed by atoms with Gasteiger partial charge in [-0.2, -0.15) is 0 Å². The number of hydrogen-bond donors (Lipinski definition) is 2. The predicted octanol–water partition coefficient (Wildman–Crippen LogP) is 1.83. The third-order valence-corrected chi connectivity index (χ3v) is 2.87. The van der Waals surface area contributed by atoms with Gasteiger partial charge in [0.15, 0.2) is 0 Å². The molecule has 0 spiro atoms. The molecule has 114 valence electrons. The molecule has 0 heterocycles. The summed E-state index contributed by atoms with van der Waals surface area (Å²) in [6.45, 7) is 3.56. The van der Waals surface area contributed by atoms with Crippen LogP contribution in [0.1, 0.15) is 24.8 Å². The Kier molecular flexibility index (Phi) is 6.52. The Balaban J connectivity index is 2.60. The van der Waals surface area contributed by atoms with Crippen LogP contribution in [0.15, 0.2) is 30.9 Å². The smallest absolute Gasteiger partial charge is 0.239 e. The lowest BCUT2D eigenvalue weighted by Crippen LogP contribution is -2.44. The summed E-state index contributed by atoms with van der Waals surface area (Å²) in [5.74, 6) is -2.66. The number of amides is 2. The highest BCUT2D eigenvalue weighted by Gasteiger charge is 2.17. The molecule has 0 aliphatic heterocycles. The second kappa shape index (κ2) is 8.14. The lowest BCUT2D eigenvalue weighted by Gasteiger charge is -2.15. The minimum atomic E-state index is -0.796. The van der Waals surface area contributed by atoms with E-state index in [9.17, 15) is 18.4 Å². The van der Waals surface area contributed by atoms with Crippen molar-refractivity contribution in [1.29, 1.82) is 0 Å². The summed E-state index contributed by atoms with van der Waals surface area (Å²) in [7, 11) is 0. The van der Waals surface area contributed by atoms with Crippen LogP contribution in [0.25, 0.3) is 0 Å². The number of rotatable bonds is 8. The van der Waals surface area contributed by atoms with E-state index in [2.05, 4.69) is 11.9 Å². The highest BCUT2D eigenvalue weighted by atomic mass is 19.1. The Bertz CT molecular complexity index is 512. The Morgan fingerprint density at radius 3 is 2.43 bits per heavy atom. The molecule has 3 N–H and O–H groups in total. The number of benzene rings is 1. The van der Waals surface area contributed by atoms with E-state index >= 15 is 0 Å². The van der Waals surface area contributed by atoms with Crippen molar-refractivity contribution in [3.63, 3.8) is 0 Å². The van der Waals surface area contributed by atoms with Gasteiger partial charge in [0.05, 0.1) is 6.42 Å². The van der Waals surface area contributed by atoms with Gasteiger partial charge < -0.3 is 11.1 Å². The van der Waals surface area contributed by atoms with Gasteiger partial charge in [0.25, 0.3) is 0 Å². The molecule has 1 atom stereocenters. The molecule has 1 aromatic carbocycles. The van der Waals surface area contributed by atoms with Crippen LogP contribution in [0.5, 0.6) is 0 Å². The van der Waals surface area contributed by atoms with Crippen molar-refractivity contribution in [3.05, 3.63) is 48.1 Å². The summed E-state index contributed by atoms with van der Waals surface area (Å²) in [5.41, 5.74) is 5.40. The van der Waals surface area contributed by atoms with E-state index < -0.39 is 29.5 Å². The number of halogens is 2. The highest BCUT2D eigenvalue weighted by molar-refractivity contribution is 5.87. The maximum absolute atomic E-state index is 13.0. The minimum absolute atomic E-state index is 0.194. The van der Waals surface area contributed by atoms with E-state index in [1.165, 1.54) is 0 Å². The Labute approximate surface area is 122 Å². The molecule has 0 aliphatic carbocycles. The van der Waals surface area contributed by atoms with Crippen LogP contribution >= 0.6 is 0 Å². The van der Waals surface area contributed by atoms with Crippen LogP contribution in [0, 0.1) is 11.6 Å². The van der Waals surface area contributed by atoms with Crippen molar-refractivity contribution in [2.45, 2.75) is 31.7 Å². The molecule has 0 aliphatic rings. The normalized spacial score (nSPS) is 11.7. The lowest BCUT2D eigenvalue weighted by atomic mass is 10.1. The average Bonchev–Trinajstić information content (AvgIpc) is 2.36. The molecule has 6 heteroatoms. The maximum Gasteiger partial charge on any atom is 0.239 e. The van der Waals surface area contributed by atoms with E-state index in [0.29, 0.717) is 19.3 Å². The molecule has 21 heavy (non-hydrogen) atoms. The van der Waals surface area contributed by atoms with E-state index in [-0.39, 0.29) is 12.0 Å². The van der Waals surface area contributed by atoms with Gasteiger partial charge in [-0.25, -0.2) is 8.78 Å². The van der Waals surface area contributed by atoms with Gasteiger partial charge in [-0.1, -0.05) is 6.08 Å². The molecule has 1 rings (SSSR count). The van der Waals surface area contributed by atoms with Gasteiger partial charge in [0.2, 0.25) is 11.8 Å². The van der Waals surface area contributed by atoms with Crippen LogP contribution in [0.2, 0.25) is 0 Å². The first kappa shape index (κ1) is 16.8. The van der Waals surface area contributed by atoms with Gasteiger partial charge >= 0.3 is 0 Å². The fourth-order valence-electron chi connectivity index (χ4n) is 1.90. The van der Waals surface area contributed by atoms with Crippen molar-refractivity contribution in [1.82, 2.24) is 5.32 Å². The number of nitrogens with two attached hydrogens (primary N) is 1. The van der Waals surface area contributed by atoms with Gasteiger partial charge in [0, 0.05) is 6.07 Å². The molecule has 1 aromatic rings. The molecule has 0 radical (unpaired) electrons. The van der Waals surface area contributed by atoms with Crippen molar-refractivity contribution in [3.8, 4) is 0 Å². The highest BCUT2D eigenvalue weighted by Crippen LogP contribution is 2.09. The summed E-state index contributed by atoms with van der Waals surface area (Å²) in [6.07, 6.45) is 3.24. The van der Waals surface area contributed by atoms with Crippen molar-refractivity contribution in [2.24, 2.45) is 5.73 Å².